The number of rotatable bonds is 4. The van der Waals surface area contributed by atoms with E-state index in [0.717, 1.165) is 6.07 Å². The number of benzene rings is 3. The summed E-state index contributed by atoms with van der Waals surface area (Å²) < 4.78 is 75.1. The molecule has 0 radical (unpaired) electrons. The van der Waals surface area contributed by atoms with Gasteiger partial charge in [-0.25, -0.2) is 13.8 Å². The van der Waals surface area contributed by atoms with Crippen molar-refractivity contribution in [2.75, 3.05) is 13.3 Å². The molecule has 0 saturated heterocycles. The number of fused-ring (bicyclic) bond motifs is 8. The lowest BCUT2D eigenvalue weighted by Gasteiger charge is -2.19. The van der Waals surface area contributed by atoms with Crippen molar-refractivity contribution >= 4 is 35.1 Å². The van der Waals surface area contributed by atoms with Crippen molar-refractivity contribution in [3.63, 3.8) is 0 Å². The number of alkyl halides is 2. The van der Waals surface area contributed by atoms with Gasteiger partial charge in [0.25, 0.3) is 5.91 Å². The van der Waals surface area contributed by atoms with Crippen LogP contribution in [0.4, 0.5) is 17.6 Å². The molecule has 1 atom stereocenters. The van der Waals surface area contributed by atoms with Crippen molar-refractivity contribution in [1.29, 1.82) is 0 Å². The molecular weight excluding hydrogens is 509 g/mol. The van der Waals surface area contributed by atoms with Crippen molar-refractivity contribution in [2.24, 2.45) is 0 Å². The lowest BCUT2D eigenvalue weighted by molar-refractivity contribution is -0.0500. The molecule has 6 nitrogen and oxygen atoms in total. The normalized spacial score (nSPS) is 16.4. The van der Waals surface area contributed by atoms with Gasteiger partial charge in [-0.15, -0.1) is 0 Å². The first-order valence-electron chi connectivity index (χ1n) is 11.2. The lowest BCUT2D eigenvalue weighted by Crippen LogP contribution is -2.28. The number of hydrogen-bond donors (Lipinski definition) is 1. The quantitative estimate of drug-likeness (QED) is 0.280. The molecule has 0 spiro atoms. The molecule has 0 fully saturated rings. The number of nitrogens with one attached hydrogen (secondary N) is 1. The van der Waals surface area contributed by atoms with Crippen LogP contribution in [0.2, 0.25) is 0 Å². The molecule has 37 heavy (non-hydrogen) atoms. The third-order valence-corrected chi connectivity index (χ3v) is 8.00. The second kappa shape index (κ2) is 8.05. The molecule has 1 amide bonds. The van der Waals surface area contributed by atoms with E-state index >= 15 is 4.39 Å². The zero-order chi connectivity index (χ0) is 26.2. The van der Waals surface area contributed by atoms with Gasteiger partial charge >= 0.3 is 6.61 Å². The van der Waals surface area contributed by atoms with E-state index in [1.165, 1.54) is 55.8 Å². The average Bonchev–Trinajstić information content (AvgIpc) is 3.28. The van der Waals surface area contributed by atoms with E-state index in [4.69, 9.17) is 4.74 Å². The monoisotopic (exact) mass is 527 g/mol. The Bertz CT molecular complexity index is 1720. The Morgan fingerprint density at radius 2 is 1.84 bits per heavy atom. The summed E-state index contributed by atoms with van der Waals surface area (Å²) in [6, 6.07) is 10.3. The fourth-order valence-corrected chi connectivity index (χ4v) is 5.93. The van der Waals surface area contributed by atoms with Crippen molar-refractivity contribution in [1.82, 2.24) is 14.9 Å². The highest BCUT2D eigenvalue weighted by Crippen LogP contribution is 2.44. The third-order valence-electron chi connectivity index (χ3n) is 6.48. The van der Waals surface area contributed by atoms with E-state index in [0.29, 0.717) is 17.0 Å². The Morgan fingerprint density at radius 1 is 1.05 bits per heavy atom. The molecule has 11 heteroatoms. The molecule has 3 aromatic carbocycles. The number of halogens is 4. The Labute approximate surface area is 207 Å². The number of hydrogen-bond acceptors (Lipinski definition) is 4. The standard InChI is InChI=1S/C26H18F4N3O3P/c1-37(2,35)22-7-6-12(8-16(22)28)14-9-19-17(10-15(14)27)31-24-18-11-20(33(19)24)23-13(25(34)32-18)4-3-5-21(23)36-26(29)30/h3-11,18,26H,1-2H3,(H,32,34)/t18-/m1/s1. The lowest BCUT2D eigenvalue weighted by atomic mass is 10.0. The molecule has 2 bridgehead atoms. The fraction of sp³-hybridized carbons (Fsp3) is 0.154. The summed E-state index contributed by atoms with van der Waals surface area (Å²) in [5.41, 5.74) is 1.67. The van der Waals surface area contributed by atoms with E-state index in [1.54, 1.807) is 10.6 Å². The predicted molar refractivity (Wildman–Crippen MR) is 131 cm³/mol. The number of aromatic nitrogens is 2. The summed E-state index contributed by atoms with van der Waals surface area (Å²) in [5.74, 6) is -1.67. The number of carbonyl (C=O) groups excluding carboxylic acids is 1. The maximum atomic E-state index is 15.2. The smallest absolute Gasteiger partial charge is 0.387 e. The van der Waals surface area contributed by atoms with Gasteiger partial charge in [0.2, 0.25) is 0 Å². The fourth-order valence-electron chi connectivity index (χ4n) is 4.92. The molecule has 3 heterocycles. The Hall–Kier alpha value is -3.91. The Morgan fingerprint density at radius 3 is 2.54 bits per heavy atom. The molecule has 0 saturated carbocycles. The van der Waals surface area contributed by atoms with Gasteiger partial charge in [0.05, 0.1) is 27.9 Å². The molecule has 188 valence electrons. The first kappa shape index (κ1) is 23.5. The molecule has 4 aromatic rings. The molecule has 2 aliphatic heterocycles. The molecule has 2 aliphatic rings. The highest BCUT2D eigenvalue weighted by molar-refractivity contribution is 7.70. The first-order valence-corrected chi connectivity index (χ1v) is 13.8. The second-order valence-electron chi connectivity index (χ2n) is 9.20. The van der Waals surface area contributed by atoms with Gasteiger partial charge in [-0.1, -0.05) is 12.1 Å². The van der Waals surface area contributed by atoms with Crippen LogP contribution in [0.25, 0.3) is 27.9 Å². The van der Waals surface area contributed by atoms with Crippen LogP contribution in [0, 0.1) is 11.6 Å². The van der Waals surface area contributed by atoms with Crippen LogP contribution in [0.3, 0.4) is 0 Å². The minimum atomic E-state index is -3.12. The zero-order valence-corrected chi connectivity index (χ0v) is 20.3. The highest BCUT2D eigenvalue weighted by atomic mass is 31.2. The average molecular weight is 527 g/mol. The van der Waals surface area contributed by atoms with E-state index in [1.807, 2.05) is 0 Å². The Kier molecular flexibility index (Phi) is 5.11. The third kappa shape index (κ3) is 3.66. The van der Waals surface area contributed by atoms with Crippen molar-refractivity contribution < 1.29 is 31.7 Å². The summed E-state index contributed by atoms with van der Waals surface area (Å²) in [7, 11) is -2.88. The van der Waals surface area contributed by atoms with Crippen LogP contribution in [0.1, 0.15) is 27.8 Å². The maximum Gasteiger partial charge on any atom is 0.387 e. The van der Waals surface area contributed by atoms with E-state index in [-0.39, 0.29) is 38.8 Å². The van der Waals surface area contributed by atoms with Gasteiger partial charge in [-0.05, 0) is 55.3 Å². The number of ether oxygens (including phenoxy) is 1. The van der Waals surface area contributed by atoms with E-state index in [9.17, 15) is 22.5 Å². The first-order chi connectivity index (χ1) is 17.5. The van der Waals surface area contributed by atoms with Crippen molar-refractivity contribution in [3.8, 4) is 16.9 Å². The number of nitrogens with zero attached hydrogens (tertiary/aromatic N) is 2. The summed E-state index contributed by atoms with van der Waals surface area (Å²) in [4.78, 5) is 17.3. The maximum absolute atomic E-state index is 15.2. The minimum Gasteiger partial charge on any atom is -0.434 e. The van der Waals surface area contributed by atoms with E-state index < -0.39 is 37.3 Å². The minimum absolute atomic E-state index is 0.0668. The Balaban J connectivity index is 1.56. The van der Waals surface area contributed by atoms with Gasteiger partial charge in [0, 0.05) is 16.9 Å². The summed E-state index contributed by atoms with van der Waals surface area (Å²) >= 11 is 0. The van der Waals surface area contributed by atoms with Crippen molar-refractivity contribution in [2.45, 2.75) is 12.7 Å². The molecule has 6 rings (SSSR count). The molecule has 0 unspecified atom stereocenters. The van der Waals surface area contributed by atoms with Crippen LogP contribution in [0.15, 0.2) is 54.6 Å². The molecule has 0 aliphatic carbocycles. The summed E-state index contributed by atoms with van der Waals surface area (Å²) in [5, 5.41) is 2.87. The molecule has 1 N–H and O–H groups in total. The molecular formula is C26H18F4N3O3P. The van der Waals surface area contributed by atoms with Crippen molar-refractivity contribution in [3.05, 3.63) is 83.2 Å². The predicted octanol–water partition coefficient (Wildman–Crippen LogP) is 5.52. The van der Waals surface area contributed by atoms with E-state index in [2.05, 4.69) is 10.3 Å². The largest absolute Gasteiger partial charge is 0.434 e. The van der Waals surface area contributed by atoms with Crippen LogP contribution in [-0.2, 0) is 4.57 Å². The zero-order valence-electron chi connectivity index (χ0n) is 19.4. The topological polar surface area (TPSA) is 73.2 Å². The number of imidazole rings is 1. The van der Waals surface area contributed by atoms with Crippen LogP contribution >= 0.6 is 7.14 Å². The van der Waals surface area contributed by atoms with Gasteiger partial charge in [-0.2, -0.15) is 8.78 Å². The van der Waals surface area contributed by atoms with Crippen LogP contribution < -0.4 is 15.4 Å². The van der Waals surface area contributed by atoms with Gasteiger partial charge in [-0.3, -0.25) is 9.36 Å². The van der Waals surface area contributed by atoms with Crippen LogP contribution in [0.5, 0.6) is 5.75 Å². The van der Waals surface area contributed by atoms with Gasteiger partial charge in [0.1, 0.15) is 36.4 Å². The highest BCUT2D eigenvalue weighted by Gasteiger charge is 2.37. The molecule has 1 aromatic heterocycles. The SMILES string of the molecule is CP(C)(=O)c1ccc(-c2cc3c(cc2F)nc2n3C3=C[C@H]2NC(=O)c2cccc(OC(F)F)c23)cc1F. The van der Waals surface area contributed by atoms with Crippen LogP contribution in [-0.4, -0.2) is 35.4 Å². The second-order valence-corrected chi connectivity index (χ2v) is 12.4. The number of carbonyl (C=O) groups is 1. The van der Waals surface area contributed by atoms with Gasteiger partial charge < -0.3 is 14.6 Å². The summed E-state index contributed by atoms with van der Waals surface area (Å²) in [6.45, 7) is -0.219. The van der Waals surface area contributed by atoms with Gasteiger partial charge in [0.15, 0.2) is 0 Å². The number of amides is 1. The summed E-state index contributed by atoms with van der Waals surface area (Å²) in [6.07, 6.45) is 1.67.